The third-order valence-corrected chi connectivity index (χ3v) is 7.66. The number of nitrogens with zero attached hydrogens (tertiary/aromatic N) is 3. The Morgan fingerprint density at radius 3 is 2.44 bits per heavy atom. The normalized spacial score (nSPS) is 15.0. The van der Waals surface area contributed by atoms with Gasteiger partial charge >= 0.3 is 0 Å². The fourth-order valence-corrected chi connectivity index (χ4v) is 5.53. The lowest BCUT2D eigenvalue weighted by Gasteiger charge is -2.20. The van der Waals surface area contributed by atoms with Gasteiger partial charge in [0.15, 0.2) is 0 Å². The van der Waals surface area contributed by atoms with Crippen molar-refractivity contribution in [1.29, 1.82) is 0 Å². The molecule has 1 aromatic heterocycles. The molecule has 2 aromatic rings. The van der Waals surface area contributed by atoms with Gasteiger partial charge in [-0.1, -0.05) is 66.8 Å². The molecule has 1 aliphatic rings. The molecule has 206 valence electrons. The van der Waals surface area contributed by atoms with Gasteiger partial charge in [-0.15, -0.1) is 0 Å². The number of rotatable bonds is 14. The number of allylic oxidation sites excluding steroid dienone is 6. The average Bonchev–Trinajstić information content (AvgIpc) is 3.20. The van der Waals surface area contributed by atoms with Crippen LogP contribution in [0.2, 0.25) is 0 Å². The molecule has 1 atom stereocenters. The van der Waals surface area contributed by atoms with E-state index in [-0.39, 0.29) is 24.1 Å². The van der Waals surface area contributed by atoms with Crippen LogP contribution in [0, 0.1) is 5.92 Å². The highest BCUT2D eigenvalue weighted by molar-refractivity contribution is 7.89. The number of pyridine rings is 1. The van der Waals surface area contributed by atoms with Gasteiger partial charge in [0, 0.05) is 49.7 Å². The minimum absolute atomic E-state index is 0.0699. The summed E-state index contributed by atoms with van der Waals surface area (Å²) in [7, 11) is -1.88. The van der Waals surface area contributed by atoms with Crippen LogP contribution in [0.25, 0.3) is 0 Å². The van der Waals surface area contributed by atoms with Gasteiger partial charge < -0.3 is 10.3 Å². The first-order valence-corrected chi connectivity index (χ1v) is 14.7. The number of carbonyl (C=O) groups excluding carboxylic acids is 1. The summed E-state index contributed by atoms with van der Waals surface area (Å²) in [6, 6.07) is 13.1. The van der Waals surface area contributed by atoms with Crippen molar-refractivity contribution < 1.29 is 13.2 Å². The van der Waals surface area contributed by atoms with E-state index in [1.54, 1.807) is 20.2 Å². The molecule has 1 heterocycles. The van der Waals surface area contributed by atoms with Crippen molar-refractivity contribution in [2.75, 3.05) is 19.3 Å². The standard InChI is InChI=1S/C30H37N5O3S/c1-24(33-22-30(36)34-21-26-14-12-25(13-15-26)18-20-31-2)29(17-16-28-11-7-8-19-32-28)35-39(37,38)23-27-9-5-3-4-6-10-27/h3-15,19-20,27,29,35H,16-18,21-23H2,1-2H3,(H,34,36). The van der Waals surface area contributed by atoms with Gasteiger partial charge in [0.25, 0.3) is 0 Å². The quantitative estimate of drug-likeness (QED) is 0.352. The number of nitrogens with one attached hydrogen (secondary N) is 2. The number of amides is 1. The monoisotopic (exact) mass is 547 g/mol. The van der Waals surface area contributed by atoms with Crippen molar-refractivity contribution in [1.82, 2.24) is 15.0 Å². The molecule has 3 rings (SSSR count). The van der Waals surface area contributed by atoms with Gasteiger partial charge in [-0.25, -0.2) is 13.1 Å². The molecule has 0 radical (unpaired) electrons. The zero-order chi connectivity index (χ0) is 27.9. The molecule has 8 nitrogen and oxygen atoms in total. The van der Waals surface area contributed by atoms with Gasteiger partial charge in [-0.2, -0.15) is 0 Å². The fourth-order valence-electron chi connectivity index (χ4n) is 3.98. The average molecular weight is 548 g/mol. The van der Waals surface area contributed by atoms with Crippen molar-refractivity contribution in [2.45, 2.75) is 38.8 Å². The van der Waals surface area contributed by atoms with E-state index in [2.05, 4.69) is 25.0 Å². The van der Waals surface area contributed by atoms with E-state index in [4.69, 9.17) is 0 Å². The zero-order valence-corrected chi connectivity index (χ0v) is 23.3. The molecule has 0 saturated heterocycles. The number of aryl methyl sites for hydroxylation is 1. The van der Waals surface area contributed by atoms with Crippen LogP contribution in [0.3, 0.4) is 0 Å². The summed E-state index contributed by atoms with van der Waals surface area (Å²) in [5.41, 5.74) is 3.55. The Bertz CT molecular complexity index is 1300. The molecule has 0 aliphatic heterocycles. The van der Waals surface area contributed by atoms with E-state index in [0.29, 0.717) is 25.1 Å². The summed E-state index contributed by atoms with van der Waals surface area (Å²) in [4.78, 5) is 25.3. The molecule has 0 fully saturated rings. The maximum absolute atomic E-state index is 13.1. The summed E-state index contributed by atoms with van der Waals surface area (Å²) >= 11 is 0. The first-order chi connectivity index (χ1) is 18.8. The minimum atomic E-state index is -3.63. The van der Waals surface area contributed by atoms with E-state index in [1.807, 2.05) is 85.1 Å². The molecular weight excluding hydrogens is 510 g/mol. The summed E-state index contributed by atoms with van der Waals surface area (Å²) in [6.45, 7) is 2.06. The smallest absolute Gasteiger partial charge is 0.241 e. The number of benzene rings is 1. The summed E-state index contributed by atoms with van der Waals surface area (Å²) in [6.07, 6.45) is 16.5. The van der Waals surface area contributed by atoms with Crippen LogP contribution in [-0.2, 0) is 34.2 Å². The van der Waals surface area contributed by atoms with Crippen LogP contribution in [0.1, 0.15) is 30.2 Å². The van der Waals surface area contributed by atoms with E-state index in [1.165, 1.54) is 0 Å². The lowest BCUT2D eigenvalue weighted by molar-refractivity contribution is -0.119. The molecular formula is C30H37N5O3S. The van der Waals surface area contributed by atoms with Crippen LogP contribution in [-0.4, -0.2) is 56.6 Å². The lowest BCUT2D eigenvalue weighted by atomic mass is 10.1. The van der Waals surface area contributed by atoms with E-state index in [9.17, 15) is 13.2 Å². The summed E-state index contributed by atoms with van der Waals surface area (Å²) in [5.74, 6) is -0.533. The SMILES string of the molecule is CN=CCc1ccc(CNC(=O)CN=C(C)C(CCc2ccccn2)NS(=O)(=O)CC2C=CC=CC=C2)cc1. The van der Waals surface area contributed by atoms with Crippen molar-refractivity contribution in [3.63, 3.8) is 0 Å². The second kappa shape index (κ2) is 15.7. The Balaban J connectivity index is 1.60. The largest absolute Gasteiger partial charge is 0.350 e. The van der Waals surface area contributed by atoms with Crippen LogP contribution in [0.5, 0.6) is 0 Å². The molecule has 1 aromatic carbocycles. The fraction of sp³-hybridized carbons (Fsp3) is 0.333. The Morgan fingerprint density at radius 2 is 1.77 bits per heavy atom. The number of aromatic nitrogens is 1. The summed E-state index contributed by atoms with van der Waals surface area (Å²) < 4.78 is 28.9. The molecule has 39 heavy (non-hydrogen) atoms. The third-order valence-electron chi connectivity index (χ3n) is 6.20. The number of hydrogen-bond acceptors (Lipinski definition) is 6. The van der Waals surface area contributed by atoms with Crippen LogP contribution >= 0.6 is 0 Å². The van der Waals surface area contributed by atoms with Crippen molar-refractivity contribution >= 4 is 27.9 Å². The predicted octanol–water partition coefficient (Wildman–Crippen LogP) is 3.62. The van der Waals surface area contributed by atoms with Crippen molar-refractivity contribution in [2.24, 2.45) is 15.9 Å². The first kappa shape index (κ1) is 29.9. The van der Waals surface area contributed by atoms with E-state index in [0.717, 1.165) is 23.2 Å². The van der Waals surface area contributed by atoms with Crippen molar-refractivity contribution in [3.05, 3.63) is 102 Å². The number of aliphatic imine (C=N–C) groups is 2. The van der Waals surface area contributed by atoms with E-state index < -0.39 is 16.1 Å². The highest BCUT2D eigenvalue weighted by Gasteiger charge is 2.23. The molecule has 2 N–H and O–H groups in total. The number of hydrogen-bond donors (Lipinski definition) is 2. The Kier molecular flexibility index (Phi) is 12.0. The second-order valence-corrected chi connectivity index (χ2v) is 11.1. The highest BCUT2D eigenvalue weighted by atomic mass is 32.2. The summed E-state index contributed by atoms with van der Waals surface area (Å²) in [5, 5.41) is 2.88. The van der Waals surface area contributed by atoms with Gasteiger partial charge in [0.05, 0.1) is 11.8 Å². The molecule has 1 unspecified atom stereocenters. The topological polar surface area (TPSA) is 113 Å². The van der Waals surface area contributed by atoms with Gasteiger partial charge in [-0.3, -0.25) is 14.8 Å². The maximum Gasteiger partial charge on any atom is 0.241 e. The lowest BCUT2D eigenvalue weighted by Crippen LogP contribution is -2.42. The Labute approximate surface area is 231 Å². The zero-order valence-electron chi connectivity index (χ0n) is 22.5. The third kappa shape index (κ3) is 11.3. The highest BCUT2D eigenvalue weighted by Crippen LogP contribution is 2.12. The molecule has 9 heteroatoms. The molecule has 1 aliphatic carbocycles. The Hall–Kier alpha value is -3.69. The molecule has 1 amide bonds. The van der Waals surface area contributed by atoms with Gasteiger partial charge in [-0.05, 0) is 43.0 Å². The minimum Gasteiger partial charge on any atom is -0.350 e. The van der Waals surface area contributed by atoms with Crippen LogP contribution < -0.4 is 10.0 Å². The number of carbonyl (C=O) groups is 1. The predicted molar refractivity (Wildman–Crippen MR) is 159 cm³/mol. The molecule has 0 saturated carbocycles. The van der Waals surface area contributed by atoms with Gasteiger partial charge in [0.2, 0.25) is 15.9 Å². The van der Waals surface area contributed by atoms with Crippen molar-refractivity contribution in [3.8, 4) is 0 Å². The maximum atomic E-state index is 13.1. The van der Waals surface area contributed by atoms with Gasteiger partial charge in [0.1, 0.15) is 6.54 Å². The van der Waals surface area contributed by atoms with Crippen LogP contribution in [0.15, 0.2) is 95.1 Å². The van der Waals surface area contributed by atoms with E-state index >= 15 is 0 Å². The van der Waals surface area contributed by atoms with Crippen LogP contribution in [0.4, 0.5) is 0 Å². The first-order valence-electron chi connectivity index (χ1n) is 13.0. The molecule has 0 bridgehead atoms. The second-order valence-electron chi connectivity index (χ2n) is 9.33. The number of sulfonamides is 1. The Morgan fingerprint density at radius 1 is 1.05 bits per heavy atom. The molecule has 0 spiro atoms.